The van der Waals surface area contributed by atoms with E-state index in [0.717, 1.165) is 83.4 Å². The van der Waals surface area contributed by atoms with Crippen LogP contribution in [-0.2, 0) is 16.1 Å². The quantitative estimate of drug-likeness (QED) is 0.316. The number of nitrogens with zero attached hydrogens (tertiary/aromatic N) is 6. The maximum absolute atomic E-state index is 14.0. The largest absolute Gasteiger partial charge is 0.497 e. The fourth-order valence-electron chi connectivity index (χ4n) is 6.15. The maximum Gasteiger partial charge on any atom is 0.243 e. The fourth-order valence-corrected chi connectivity index (χ4v) is 6.15. The number of aromatic nitrogens is 6. The van der Waals surface area contributed by atoms with Gasteiger partial charge < -0.3 is 28.9 Å². The maximum atomic E-state index is 14.0. The van der Waals surface area contributed by atoms with Crippen LogP contribution in [0.15, 0.2) is 48.9 Å². The number of piperazine rings is 1. The normalized spacial score (nSPS) is 19.9. The highest BCUT2D eigenvalue weighted by Gasteiger charge is 2.35. The Morgan fingerprint density at radius 1 is 1.17 bits per heavy atom. The zero-order chi connectivity index (χ0) is 27.9. The molecule has 2 atom stereocenters. The third-order valence-corrected chi connectivity index (χ3v) is 8.39. The van der Waals surface area contributed by atoms with E-state index < -0.39 is 0 Å². The van der Waals surface area contributed by atoms with Gasteiger partial charge in [-0.05, 0) is 43.5 Å². The molecule has 2 N–H and O–H groups in total. The number of pyridine rings is 1. The van der Waals surface area contributed by atoms with Crippen molar-refractivity contribution in [3.63, 3.8) is 0 Å². The van der Waals surface area contributed by atoms with E-state index in [0.29, 0.717) is 19.0 Å². The lowest BCUT2D eigenvalue weighted by molar-refractivity contribution is -0.137. The number of amides is 1. The number of rotatable bonds is 7. The summed E-state index contributed by atoms with van der Waals surface area (Å²) < 4.78 is 13.0. The van der Waals surface area contributed by atoms with Crippen LogP contribution in [0.25, 0.3) is 33.3 Å². The van der Waals surface area contributed by atoms with Gasteiger partial charge in [0.05, 0.1) is 36.6 Å². The third kappa shape index (κ3) is 4.95. The summed E-state index contributed by atoms with van der Waals surface area (Å²) in [4.78, 5) is 39.1. The van der Waals surface area contributed by atoms with Crippen LogP contribution >= 0.6 is 0 Å². The Labute approximate surface area is 237 Å². The van der Waals surface area contributed by atoms with Gasteiger partial charge in [-0.1, -0.05) is 0 Å². The van der Waals surface area contributed by atoms with Crippen molar-refractivity contribution in [3.05, 3.63) is 60.6 Å². The number of ether oxygens (including phenoxy) is 2. The Balaban J connectivity index is 1.18. The van der Waals surface area contributed by atoms with Gasteiger partial charge in [-0.2, -0.15) is 0 Å². The van der Waals surface area contributed by atoms with Crippen LogP contribution in [0.3, 0.4) is 0 Å². The number of benzene rings is 1. The minimum absolute atomic E-state index is 0.0393. The lowest BCUT2D eigenvalue weighted by Crippen LogP contribution is -2.52. The summed E-state index contributed by atoms with van der Waals surface area (Å²) in [6.07, 6.45) is 6.65. The van der Waals surface area contributed by atoms with Crippen LogP contribution in [0.1, 0.15) is 24.1 Å². The van der Waals surface area contributed by atoms with Crippen LogP contribution in [-0.4, -0.2) is 91.7 Å². The topological polar surface area (TPSA) is 117 Å². The molecule has 11 nitrogen and oxygen atoms in total. The number of hydrogen-bond donors (Lipinski definition) is 2. The molecule has 1 amide bonds. The molecular formula is C30H34N8O3. The summed E-state index contributed by atoms with van der Waals surface area (Å²) in [5.41, 5.74) is 4.43. The van der Waals surface area contributed by atoms with Crippen molar-refractivity contribution >= 4 is 28.0 Å². The molecule has 212 valence electrons. The van der Waals surface area contributed by atoms with E-state index >= 15 is 0 Å². The van der Waals surface area contributed by atoms with Gasteiger partial charge >= 0.3 is 0 Å². The molecule has 6 heterocycles. The number of aromatic amines is 2. The summed E-state index contributed by atoms with van der Waals surface area (Å²) in [6.45, 7) is 6.89. The van der Waals surface area contributed by atoms with Gasteiger partial charge in [0.15, 0.2) is 0 Å². The summed E-state index contributed by atoms with van der Waals surface area (Å²) in [5, 5.41) is 1.04. The van der Waals surface area contributed by atoms with Gasteiger partial charge in [0.25, 0.3) is 0 Å². The summed E-state index contributed by atoms with van der Waals surface area (Å²) in [6, 6.07) is 9.65. The van der Waals surface area contributed by atoms with E-state index in [4.69, 9.17) is 14.5 Å². The average molecular weight is 555 g/mol. The van der Waals surface area contributed by atoms with Crippen molar-refractivity contribution in [2.45, 2.75) is 25.9 Å². The molecule has 0 saturated carbocycles. The Morgan fingerprint density at radius 3 is 2.95 bits per heavy atom. The molecule has 5 aromatic rings. The van der Waals surface area contributed by atoms with Gasteiger partial charge in [-0.25, -0.2) is 15.0 Å². The molecule has 2 aliphatic rings. The van der Waals surface area contributed by atoms with Crippen molar-refractivity contribution in [1.82, 2.24) is 39.3 Å². The zero-order valence-electron chi connectivity index (χ0n) is 23.3. The Kier molecular flexibility index (Phi) is 6.68. The highest BCUT2D eigenvalue weighted by molar-refractivity contribution is 5.83. The molecule has 7 rings (SSSR count). The second-order valence-electron chi connectivity index (χ2n) is 11.0. The lowest BCUT2D eigenvalue weighted by Gasteiger charge is -2.41. The van der Waals surface area contributed by atoms with Crippen LogP contribution < -0.4 is 4.74 Å². The number of methoxy groups -OCH3 is 1. The van der Waals surface area contributed by atoms with Crippen LogP contribution in [0, 0.1) is 12.8 Å². The first-order chi connectivity index (χ1) is 20.1. The first-order valence-corrected chi connectivity index (χ1v) is 14.1. The van der Waals surface area contributed by atoms with Crippen molar-refractivity contribution in [2.75, 3.05) is 46.5 Å². The standard InChI is InChI=1S/C30H34N8O3/c1-19-34-24-4-3-23(40-2)12-26(24)38(19)17-28(39)37-9-8-36(15-20-6-10-41-18-20)16-27(37)30-33-14-25(35-30)22-11-21-5-7-31-29(21)32-13-22/h3-5,7,11-14,20,27H,6,8-10,15-18H2,1-2H3,(H,31,32)(H,33,35). The molecule has 2 saturated heterocycles. The molecule has 1 aromatic carbocycles. The van der Waals surface area contributed by atoms with Gasteiger partial charge in [0.2, 0.25) is 5.91 Å². The number of fused-ring (bicyclic) bond motifs is 2. The molecule has 2 aliphatic heterocycles. The van der Waals surface area contributed by atoms with E-state index in [1.807, 2.05) is 59.2 Å². The monoisotopic (exact) mass is 554 g/mol. The molecule has 0 aliphatic carbocycles. The van der Waals surface area contributed by atoms with Crippen LogP contribution in [0.5, 0.6) is 5.75 Å². The highest BCUT2D eigenvalue weighted by Crippen LogP contribution is 2.29. The minimum Gasteiger partial charge on any atom is -0.497 e. The number of H-pyrrole nitrogens is 2. The molecule has 2 fully saturated rings. The van der Waals surface area contributed by atoms with Crippen LogP contribution in [0.4, 0.5) is 0 Å². The number of imidazole rings is 2. The second kappa shape index (κ2) is 10.6. The van der Waals surface area contributed by atoms with Gasteiger partial charge in [0.1, 0.15) is 35.6 Å². The molecule has 0 radical (unpaired) electrons. The minimum atomic E-state index is -0.208. The Hall–Kier alpha value is -4.22. The molecule has 2 unspecified atom stereocenters. The fraction of sp³-hybridized carbons (Fsp3) is 0.400. The molecular weight excluding hydrogens is 520 g/mol. The van der Waals surface area contributed by atoms with Crippen molar-refractivity contribution < 1.29 is 14.3 Å². The van der Waals surface area contributed by atoms with Gasteiger partial charge in [-0.3, -0.25) is 9.69 Å². The van der Waals surface area contributed by atoms with E-state index in [2.05, 4.69) is 30.9 Å². The van der Waals surface area contributed by atoms with Crippen LogP contribution in [0.2, 0.25) is 0 Å². The van der Waals surface area contributed by atoms with Gasteiger partial charge in [0, 0.05) is 62.2 Å². The smallest absolute Gasteiger partial charge is 0.243 e. The third-order valence-electron chi connectivity index (χ3n) is 8.39. The van der Waals surface area contributed by atoms with Crippen molar-refractivity contribution in [2.24, 2.45) is 5.92 Å². The van der Waals surface area contributed by atoms with Crippen molar-refractivity contribution in [3.8, 4) is 17.0 Å². The first kappa shape index (κ1) is 25.7. The lowest BCUT2D eigenvalue weighted by atomic mass is 10.1. The second-order valence-corrected chi connectivity index (χ2v) is 11.0. The van der Waals surface area contributed by atoms with Crippen molar-refractivity contribution in [1.29, 1.82) is 0 Å². The predicted octanol–water partition coefficient (Wildman–Crippen LogP) is 3.54. The van der Waals surface area contributed by atoms with E-state index in [1.54, 1.807) is 7.11 Å². The first-order valence-electron chi connectivity index (χ1n) is 14.1. The number of hydrogen-bond acceptors (Lipinski definition) is 7. The Morgan fingerprint density at radius 2 is 2.10 bits per heavy atom. The van der Waals surface area contributed by atoms with Gasteiger partial charge in [-0.15, -0.1) is 0 Å². The number of carbonyl (C=O) groups is 1. The highest BCUT2D eigenvalue weighted by atomic mass is 16.5. The number of carbonyl (C=O) groups excluding carboxylic acids is 1. The Bertz CT molecular complexity index is 1700. The summed E-state index contributed by atoms with van der Waals surface area (Å²) >= 11 is 0. The SMILES string of the molecule is COc1ccc2nc(C)n(CC(=O)N3CCN(CC4CCOC4)CC3c3ncc(-c4cnc5[nH]ccc5c4)[nH]3)c2c1. The molecule has 11 heteroatoms. The number of aryl methyl sites for hydroxylation is 1. The molecule has 0 bridgehead atoms. The zero-order valence-corrected chi connectivity index (χ0v) is 23.3. The molecule has 41 heavy (non-hydrogen) atoms. The molecule has 0 spiro atoms. The van der Waals surface area contributed by atoms with E-state index in [9.17, 15) is 4.79 Å². The summed E-state index contributed by atoms with van der Waals surface area (Å²) in [5.74, 6) is 2.88. The average Bonchev–Trinajstić information content (AvgIpc) is 3.80. The van der Waals surface area contributed by atoms with E-state index in [1.165, 1.54) is 0 Å². The van der Waals surface area contributed by atoms with E-state index in [-0.39, 0.29) is 18.5 Å². The number of nitrogens with one attached hydrogen (secondary N) is 2. The molecule has 4 aromatic heterocycles. The summed E-state index contributed by atoms with van der Waals surface area (Å²) in [7, 11) is 1.64. The predicted molar refractivity (Wildman–Crippen MR) is 155 cm³/mol.